The number of piperidine rings is 1. The van der Waals surface area contributed by atoms with Gasteiger partial charge >= 0.3 is 0 Å². The molecule has 5 heterocycles. The first-order chi connectivity index (χ1) is 15.3. The van der Waals surface area contributed by atoms with Crippen LogP contribution >= 0.6 is 0 Å². The number of likely N-dealkylation sites (tertiary alicyclic amines) is 1. The molecule has 2 aliphatic heterocycles. The van der Waals surface area contributed by atoms with Gasteiger partial charge in [-0.2, -0.15) is 0 Å². The Kier molecular flexibility index (Phi) is 5.89. The van der Waals surface area contributed by atoms with Gasteiger partial charge in [-0.3, -0.25) is 14.9 Å². The van der Waals surface area contributed by atoms with Crippen LogP contribution in [0.3, 0.4) is 0 Å². The highest BCUT2D eigenvalue weighted by molar-refractivity contribution is 5.51. The molecule has 160 valence electrons. The summed E-state index contributed by atoms with van der Waals surface area (Å²) in [5, 5.41) is 0. The largest absolute Gasteiger partial charge is 0.350 e. The molecule has 3 aromatic heterocycles. The lowest BCUT2D eigenvalue weighted by molar-refractivity contribution is 0.196. The Morgan fingerprint density at radius 3 is 2.81 bits per heavy atom. The molecule has 0 N–H and O–H groups in total. The van der Waals surface area contributed by atoms with Crippen LogP contribution in [0.25, 0.3) is 0 Å². The van der Waals surface area contributed by atoms with Crippen molar-refractivity contribution in [3.05, 3.63) is 77.3 Å². The molecule has 0 aliphatic carbocycles. The quantitative estimate of drug-likeness (QED) is 0.631. The Morgan fingerprint density at radius 2 is 1.97 bits per heavy atom. The summed E-state index contributed by atoms with van der Waals surface area (Å²) in [6.07, 6.45) is 10.2. The van der Waals surface area contributed by atoms with E-state index in [0.29, 0.717) is 5.92 Å². The van der Waals surface area contributed by atoms with E-state index in [0.717, 1.165) is 75.0 Å². The Morgan fingerprint density at radius 1 is 1.00 bits per heavy atom. The maximum Gasteiger partial charge on any atom is 0.136 e. The second kappa shape index (κ2) is 9.10. The SMILES string of the molecule is Cc1nc([C@@H]2CCCN(Cc3cccnc3)C2)nc2c1CCCN2Cc1ccccn1. The second-order valence-corrected chi connectivity index (χ2v) is 8.75. The fourth-order valence-electron chi connectivity index (χ4n) is 4.89. The van der Waals surface area contributed by atoms with Gasteiger partial charge in [0.05, 0.1) is 12.2 Å². The van der Waals surface area contributed by atoms with Crippen molar-refractivity contribution in [2.24, 2.45) is 0 Å². The molecule has 1 fully saturated rings. The van der Waals surface area contributed by atoms with Crippen LogP contribution in [0.1, 0.15) is 53.5 Å². The van der Waals surface area contributed by atoms with Crippen molar-refractivity contribution in [1.82, 2.24) is 24.8 Å². The number of pyridine rings is 2. The van der Waals surface area contributed by atoms with E-state index in [2.05, 4.69) is 44.9 Å². The third kappa shape index (κ3) is 4.59. The number of anilines is 1. The van der Waals surface area contributed by atoms with E-state index in [4.69, 9.17) is 9.97 Å². The molecule has 0 unspecified atom stereocenters. The topological polar surface area (TPSA) is 58.0 Å². The molecular weight excluding hydrogens is 384 g/mol. The van der Waals surface area contributed by atoms with E-state index >= 15 is 0 Å². The molecule has 0 amide bonds. The zero-order valence-electron chi connectivity index (χ0n) is 18.2. The van der Waals surface area contributed by atoms with E-state index in [1.54, 1.807) is 0 Å². The van der Waals surface area contributed by atoms with Crippen molar-refractivity contribution in [3.8, 4) is 0 Å². The Labute approximate surface area is 184 Å². The summed E-state index contributed by atoms with van der Waals surface area (Å²) in [4.78, 5) is 23.9. The number of nitrogens with zero attached hydrogens (tertiary/aromatic N) is 6. The molecule has 5 rings (SSSR count). The van der Waals surface area contributed by atoms with Crippen LogP contribution in [0.2, 0.25) is 0 Å². The summed E-state index contributed by atoms with van der Waals surface area (Å²) in [6.45, 7) is 7.07. The minimum absolute atomic E-state index is 0.382. The standard InChI is InChI=1S/C25H30N6/c1-19-23-10-6-14-31(18-22-9-2-3-12-27-22)25(23)29-24(28-19)21-8-5-13-30(17-21)16-20-7-4-11-26-15-20/h2-4,7,9,11-12,15,21H,5-6,8,10,13-14,16-18H2,1H3/t21-/m1/s1. The molecule has 6 heteroatoms. The van der Waals surface area contributed by atoms with Crippen LogP contribution in [0.15, 0.2) is 48.9 Å². The van der Waals surface area contributed by atoms with E-state index < -0.39 is 0 Å². The predicted octanol–water partition coefficient (Wildman–Crippen LogP) is 3.91. The molecule has 0 saturated carbocycles. The van der Waals surface area contributed by atoms with Crippen molar-refractivity contribution in [2.45, 2.75) is 51.6 Å². The van der Waals surface area contributed by atoms with Crippen molar-refractivity contribution in [2.75, 3.05) is 24.5 Å². The Hall–Kier alpha value is -2.86. The smallest absolute Gasteiger partial charge is 0.136 e. The normalized spacial score (nSPS) is 19.3. The summed E-state index contributed by atoms with van der Waals surface area (Å²) in [7, 11) is 0. The van der Waals surface area contributed by atoms with Crippen LogP contribution in [0, 0.1) is 6.92 Å². The van der Waals surface area contributed by atoms with Gasteiger partial charge in [-0.05, 0) is 62.9 Å². The van der Waals surface area contributed by atoms with Gasteiger partial charge in [0, 0.05) is 55.4 Å². The summed E-state index contributed by atoms with van der Waals surface area (Å²) in [6, 6.07) is 10.3. The summed E-state index contributed by atoms with van der Waals surface area (Å²) < 4.78 is 0. The fraction of sp³-hybridized carbons (Fsp3) is 0.440. The molecule has 31 heavy (non-hydrogen) atoms. The van der Waals surface area contributed by atoms with E-state index in [1.807, 2.05) is 30.7 Å². The third-order valence-electron chi connectivity index (χ3n) is 6.44. The van der Waals surface area contributed by atoms with Crippen LogP contribution in [-0.2, 0) is 19.5 Å². The van der Waals surface area contributed by atoms with Gasteiger partial charge in [0.1, 0.15) is 11.6 Å². The highest BCUT2D eigenvalue weighted by atomic mass is 15.2. The number of fused-ring (bicyclic) bond motifs is 1. The highest BCUT2D eigenvalue weighted by Crippen LogP contribution is 2.32. The van der Waals surface area contributed by atoms with Gasteiger partial charge in [0.2, 0.25) is 0 Å². The fourth-order valence-corrected chi connectivity index (χ4v) is 4.89. The van der Waals surface area contributed by atoms with Crippen molar-refractivity contribution >= 4 is 5.82 Å². The zero-order valence-corrected chi connectivity index (χ0v) is 18.2. The van der Waals surface area contributed by atoms with Gasteiger partial charge in [-0.15, -0.1) is 0 Å². The molecule has 0 bridgehead atoms. The van der Waals surface area contributed by atoms with E-state index in [1.165, 1.54) is 17.5 Å². The molecule has 0 radical (unpaired) electrons. The number of aryl methyl sites for hydroxylation is 1. The lowest BCUT2D eigenvalue weighted by atomic mass is 9.95. The number of hydrogen-bond acceptors (Lipinski definition) is 6. The van der Waals surface area contributed by atoms with Crippen LogP contribution in [0.4, 0.5) is 5.82 Å². The van der Waals surface area contributed by atoms with Gasteiger partial charge in [0.15, 0.2) is 0 Å². The summed E-state index contributed by atoms with van der Waals surface area (Å²) in [5.41, 5.74) is 4.82. The Balaban J connectivity index is 1.37. The number of aromatic nitrogens is 4. The lowest BCUT2D eigenvalue weighted by Crippen LogP contribution is -2.36. The first-order valence-corrected chi connectivity index (χ1v) is 11.4. The predicted molar refractivity (Wildman–Crippen MR) is 122 cm³/mol. The molecule has 0 spiro atoms. The number of rotatable bonds is 5. The summed E-state index contributed by atoms with van der Waals surface area (Å²) in [5.74, 6) is 2.52. The maximum absolute atomic E-state index is 5.16. The van der Waals surface area contributed by atoms with Gasteiger partial charge < -0.3 is 4.90 Å². The van der Waals surface area contributed by atoms with Crippen LogP contribution in [0.5, 0.6) is 0 Å². The minimum Gasteiger partial charge on any atom is -0.350 e. The van der Waals surface area contributed by atoms with Crippen molar-refractivity contribution in [1.29, 1.82) is 0 Å². The number of hydrogen-bond donors (Lipinski definition) is 0. The maximum atomic E-state index is 5.16. The molecule has 3 aromatic rings. The summed E-state index contributed by atoms with van der Waals surface area (Å²) >= 11 is 0. The monoisotopic (exact) mass is 414 g/mol. The molecular formula is C25H30N6. The third-order valence-corrected chi connectivity index (χ3v) is 6.44. The average molecular weight is 415 g/mol. The van der Waals surface area contributed by atoms with Crippen molar-refractivity contribution in [3.63, 3.8) is 0 Å². The highest BCUT2D eigenvalue weighted by Gasteiger charge is 2.28. The minimum atomic E-state index is 0.382. The second-order valence-electron chi connectivity index (χ2n) is 8.75. The van der Waals surface area contributed by atoms with Crippen molar-refractivity contribution < 1.29 is 0 Å². The van der Waals surface area contributed by atoms with Gasteiger partial charge in [-0.1, -0.05) is 12.1 Å². The van der Waals surface area contributed by atoms with Crippen LogP contribution in [-0.4, -0.2) is 44.5 Å². The van der Waals surface area contributed by atoms with Gasteiger partial charge in [0.25, 0.3) is 0 Å². The molecule has 1 atom stereocenters. The van der Waals surface area contributed by atoms with Gasteiger partial charge in [-0.25, -0.2) is 9.97 Å². The average Bonchev–Trinajstić information content (AvgIpc) is 2.81. The molecule has 2 aliphatic rings. The van der Waals surface area contributed by atoms with E-state index in [9.17, 15) is 0 Å². The van der Waals surface area contributed by atoms with Crippen LogP contribution < -0.4 is 4.90 Å². The lowest BCUT2D eigenvalue weighted by Gasteiger charge is -2.34. The van der Waals surface area contributed by atoms with E-state index in [-0.39, 0.29) is 0 Å². The zero-order chi connectivity index (χ0) is 21.0. The Bertz CT molecular complexity index is 1010. The molecule has 1 saturated heterocycles. The first kappa shape index (κ1) is 20.1. The first-order valence-electron chi connectivity index (χ1n) is 11.4. The molecule has 0 aromatic carbocycles. The molecule has 6 nitrogen and oxygen atoms in total.